The number of hydrogen-bond donors (Lipinski definition) is 1. The Hall–Kier alpha value is -3.36. The maximum atomic E-state index is 12.9. The first-order valence-electron chi connectivity index (χ1n) is 8.20. The second kappa shape index (κ2) is 7.57. The normalized spacial score (nSPS) is 10.9. The van der Waals surface area contributed by atoms with Gasteiger partial charge in [0.25, 0.3) is 11.8 Å². The van der Waals surface area contributed by atoms with Gasteiger partial charge in [0.15, 0.2) is 5.58 Å². The van der Waals surface area contributed by atoms with E-state index in [0.717, 1.165) is 5.56 Å². The summed E-state index contributed by atoms with van der Waals surface area (Å²) >= 11 is 12.1. The minimum atomic E-state index is -0.636. The lowest BCUT2D eigenvalue weighted by Crippen LogP contribution is -2.12. The number of aromatic nitrogens is 3. The Morgan fingerprint density at radius 2 is 2.03 bits per heavy atom. The van der Waals surface area contributed by atoms with Crippen molar-refractivity contribution in [3.63, 3.8) is 0 Å². The van der Waals surface area contributed by atoms with Crippen molar-refractivity contribution >= 4 is 40.1 Å². The Morgan fingerprint density at radius 3 is 2.69 bits per heavy atom. The van der Waals surface area contributed by atoms with Gasteiger partial charge in [0, 0.05) is 29.5 Å². The molecule has 0 aliphatic carbocycles. The Bertz CT molecular complexity index is 1270. The summed E-state index contributed by atoms with van der Waals surface area (Å²) in [6.45, 7) is 0. The van der Waals surface area contributed by atoms with Gasteiger partial charge in [0.2, 0.25) is 0 Å². The number of fused-ring (bicyclic) bond motifs is 1. The molecule has 0 aromatic carbocycles. The van der Waals surface area contributed by atoms with E-state index in [1.165, 1.54) is 25.7 Å². The molecule has 146 valence electrons. The van der Waals surface area contributed by atoms with Crippen LogP contribution in [-0.4, -0.2) is 32.9 Å². The maximum absolute atomic E-state index is 12.9. The van der Waals surface area contributed by atoms with Crippen LogP contribution in [0.25, 0.3) is 22.3 Å². The molecule has 4 aromatic heterocycles. The number of nitrogens with zero attached hydrogens (tertiary/aromatic N) is 4. The van der Waals surface area contributed by atoms with Crippen LogP contribution in [0.15, 0.2) is 58.6 Å². The van der Waals surface area contributed by atoms with Gasteiger partial charge in [-0.2, -0.15) is 4.73 Å². The summed E-state index contributed by atoms with van der Waals surface area (Å²) in [7, 11) is 1.45. The summed E-state index contributed by atoms with van der Waals surface area (Å²) in [5, 5.41) is 9.97. The van der Waals surface area contributed by atoms with E-state index in [9.17, 15) is 10.0 Å². The molecule has 8 nitrogen and oxygen atoms in total. The van der Waals surface area contributed by atoms with Gasteiger partial charge in [-0.25, -0.2) is 9.98 Å². The predicted molar refractivity (Wildman–Crippen MR) is 105 cm³/mol. The first-order chi connectivity index (χ1) is 14.0. The summed E-state index contributed by atoms with van der Waals surface area (Å²) in [5.41, 5.74) is 1.20. The topological polar surface area (TPSA) is 103 Å². The van der Waals surface area contributed by atoms with Gasteiger partial charge in [-0.3, -0.25) is 9.78 Å². The number of carbonyl (C=O) groups excluding carboxylic acids is 1. The van der Waals surface area contributed by atoms with Crippen molar-refractivity contribution in [1.29, 1.82) is 0 Å². The third-order valence-corrected chi connectivity index (χ3v) is 4.61. The number of carbonyl (C=O) groups is 1. The predicted octanol–water partition coefficient (Wildman–Crippen LogP) is 3.99. The number of hydrogen-bond acceptors (Lipinski definition) is 6. The minimum Gasteiger partial charge on any atom is -0.478 e. The third-order valence-electron chi connectivity index (χ3n) is 4.05. The summed E-state index contributed by atoms with van der Waals surface area (Å²) in [6.07, 6.45) is 6.95. The monoisotopic (exact) mass is 430 g/mol. The first-order valence-corrected chi connectivity index (χ1v) is 8.96. The highest BCUT2D eigenvalue weighted by molar-refractivity contribution is 6.34. The van der Waals surface area contributed by atoms with Crippen LogP contribution in [-0.2, 0) is 0 Å². The number of pyridine rings is 3. The molecule has 4 heterocycles. The lowest BCUT2D eigenvalue weighted by molar-refractivity contribution is 0.0999. The van der Waals surface area contributed by atoms with Crippen molar-refractivity contribution in [3.05, 3.63) is 70.1 Å². The average molecular weight is 431 g/mol. The van der Waals surface area contributed by atoms with Crippen molar-refractivity contribution in [2.75, 3.05) is 7.11 Å². The minimum absolute atomic E-state index is 0.00862. The Labute approximate surface area is 173 Å². The zero-order valence-electron chi connectivity index (χ0n) is 14.8. The molecule has 0 radical (unpaired) electrons. The number of amides is 1. The quantitative estimate of drug-likeness (QED) is 0.493. The molecule has 0 atom stereocenters. The van der Waals surface area contributed by atoms with E-state index in [0.29, 0.717) is 21.5 Å². The van der Waals surface area contributed by atoms with Crippen LogP contribution in [0.1, 0.15) is 10.4 Å². The second-order valence-electron chi connectivity index (χ2n) is 5.88. The van der Waals surface area contributed by atoms with E-state index in [2.05, 4.69) is 15.0 Å². The third kappa shape index (κ3) is 3.55. The van der Waals surface area contributed by atoms with E-state index in [1.807, 2.05) is 6.07 Å². The van der Waals surface area contributed by atoms with Crippen LogP contribution >= 0.6 is 23.2 Å². The van der Waals surface area contributed by atoms with Gasteiger partial charge >= 0.3 is 0 Å². The average Bonchev–Trinajstić information content (AvgIpc) is 3.16. The fraction of sp³-hybridized carbons (Fsp3) is 0.0526. The lowest BCUT2D eigenvalue weighted by atomic mass is 10.1. The van der Waals surface area contributed by atoms with Crippen molar-refractivity contribution in [2.24, 2.45) is 4.99 Å². The van der Waals surface area contributed by atoms with Crippen LogP contribution in [0.3, 0.4) is 0 Å². The van der Waals surface area contributed by atoms with Gasteiger partial charge in [-0.15, -0.1) is 0 Å². The van der Waals surface area contributed by atoms with Crippen molar-refractivity contribution in [2.45, 2.75) is 0 Å². The first kappa shape index (κ1) is 19.0. The number of halogens is 2. The molecule has 1 N–H and O–H groups in total. The van der Waals surface area contributed by atoms with Crippen LogP contribution in [0.4, 0.5) is 0 Å². The number of ether oxygens (including phenoxy) is 1. The molecule has 4 aromatic rings. The van der Waals surface area contributed by atoms with E-state index in [1.54, 1.807) is 24.5 Å². The fourth-order valence-electron chi connectivity index (χ4n) is 2.74. The standard InChI is InChI=1S/C19H12Cl2N4O4/c1-28-19-17-11(5-15(29-17)10-3-2-4-22-6-10)12(7-23-19)18(26)24-16-13(20)8-25(27)9-14(16)21/h2-9,27H,1H3. The molecule has 1 amide bonds. The zero-order valence-corrected chi connectivity index (χ0v) is 16.3. The molecule has 0 unspecified atom stereocenters. The van der Waals surface area contributed by atoms with Gasteiger partial charge in [0.1, 0.15) is 11.1 Å². The molecular weight excluding hydrogens is 419 g/mol. The SMILES string of the molecule is COc1ncc(C(=O)N=c2c(Cl)cn(O)cc2Cl)c2cc(-c3cccnc3)oc12. The molecule has 0 saturated carbocycles. The fourth-order valence-corrected chi connectivity index (χ4v) is 3.28. The van der Waals surface area contributed by atoms with Crippen LogP contribution in [0.5, 0.6) is 5.88 Å². The largest absolute Gasteiger partial charge is 0.478 e. The summed E-state index contributed by atoms with van der Waals surface area (Å²) in [4.78, 5) is 25.1. The van der Waals surface area contributed by atoms with E-state index >= 15 is 0 Å². The van der Waals surface area contributed by atoms with Crippen LogP contribution in [0, 0.1) is 0 Å². The summed E-state index contributed by atoms with van der Waals surface area (Å²) in [6, 6.07) is 5.28. The van der Waals surface area contributed by atoms with E-state index in [-0.39, 0.29) is 26.8 Å². The highest BCUT2D eigenvalue weighted by atomic mass is 35.5. The molecule has 0 bridgehead atoms. The molecule has 4 rings (SSSR count). The number of furan rings is 1. The van der Waals surface area contributed by atoms with E-state index in [4.69, 9.17) is 32.4 Å². The summed E-state index contributed by atoms with van der Waals surface area (Å²) in [5.74, 6) is 0.0810. The highest BCUT2D eigenvalue weighted by Crippen LogP contribution is 2.34. The van der Waals surface area contributed by atoms with Crippen molar-refractivity contribution in [1.82, 2.24) is 14.7 Å². The Morgan fingerprint density at radius 1 is 1.28 bits per heavy atom. The molecule has 0 aliphatic rings. The number of rotatable bonds is 3. The van der Waals surface area contributed by atoms with Crippen molar-refractivity contribution in [3.8, 4) is 17.2 Å². The van der Waals surface area contributed by atoms with E-state index < -0.39 is 5.91 Å². The van der Waals surface area contributed by atoms with Gasteiger partial charge < -0.3 is 14.4 Å². The van der Waals surface area contributed by atoms with Crippen LogP contribution in [0.2, 0.25) is 10.0 Å². The summed E-state index contributed by atoms with van der Waals surface area (Å²) < 4.78 is 11.8. The maximum Gasteiger partial charge on any atom is 0.279 e. The zero-order chi connectivity index (χ0) is 20.5. The molecule has 10 heteroatoms. The van der Waals surface area contributed by atoms with Gasteiger partial charge in [-0.1, -0.05) is 23.2 Å². The van der Waals surface area contributed by atoms with Crippen molar-refractivity contribution < 1.29 is 19.2 Å². The molecule has 0 aliphatic heterocycles. The Kier molecular flexibility index (Phi) is 4.96. The molecular formula is C19H12Cl2N4O4. The molecule has 29 heavy (non-hydrogen) atoms. The number of methoxy groups -OCH3 is 1. The molecule has 0 spiro atoms. The highest BCUT2D eigenvalue weighted by Gasteiger charge is 2.19. The van der Waals surface area contributed by atoms with Gasteiger partial charge in [0.05, 0.1) is 35.1 Å². The lowest BCUT2D eigenvalue weighted by Gasteiger charge is -2.03. The van der Waals surface area contributed by atoms with Gasteiger partial charge in [-0.05, 0) is 18.2 Å². The Balaban J connectivity index is 1.89. The smallest absolute Gasteiger partial charge is 0.279 e. The molecule has 0 saturated heterocycles. The second-order valence-corrected chi connectivity index (χ2v) is 6.69. The van der Waals surface area contributed by atoms with Crippen LogP contribution < -0.4 is 10.1 Å². The molecule has 0 fully saturated rings.